The molecule has 41 heavy (non-hydrogen) atoms. The van der Waals surface area contributed by atoms with Gasteiger partial charge in [0.15, 0.2) is 11.5 Å². The van der Waals surface area contributed by atoms with Gasteiger partial charge < -0.3 is 24.3 Å². The van der Waals surface area contributed by atoms with Gasteiger partial charge in [-0.2, -0.15) is 5.10 Å². The second-order valence-corrected chi connectivity index (χ2v) is 10.1. The average Bonchev–Trinajstić information content (AvgIpc) is 3.57. The molecule has 0 bridgehead atoms. The molecule has 208 valence electrons. The fourth-order valence-corrected chi connectivity index (χ4v) is 5.54. The Labute approximate surface area is 239 Å². The zero-order chi connectivity index (χ0) is 28.5. The van der Waals surface area contributed by atoms with E-state index in [2.05, 4.69) is 53.3 Å². The summed E-state index contributed by atoms with van der Waals surface area (Å²) in [7, 11) is 3.17. The van der Waals surface area contributed by atoms with Crippen molar-refractivity contribution in [1.29, 1.82) is 0 Å². The van der Waals surface area contributed by atoms with Crippen LogP contribution in [0.1, 0.15) is 41.0 Å². The standard InChI is InChI=1S/C33H33N5O3/c1-5-23-13-15-24(16-14-23)31-28-12-9-19-36(28)32-27(22(2)35-38(32)26-10-7-6-8-11-26)21-37(31)33(39)34-25-17-18-29(40-3)30(20-25)41-4/h6-20,31H,5,21H2,1-4H3,(H,34,39). The van der Waals surface area contributed by atoms with E-state index >= 15 is 0 Å². The number of para-hydroxylation sites is 1. The highest BCUT2D eigenvalue weighted by Crippen LogP contribution is 2.39. The lowest BCUT2D eigenvalue weighted by atomic mass is 9.99. The highest BCUT2D eigenvalue weighted by Gasteiger charge is 2.36. The lowest BCUT2D eigenvalue weighted by Crippen LogP contribution is -2.38. The Morgan fingerprint density at radius 1 is 0.951 bits per heavy atom. The van der Waals surface area contributed by atoms with E-state index in [1.165, 1.54) is 5.56 Å². The Hall–Kier alpha value is -4.98. The maximum absolute atomic E-state index is 14.2. The van der Waals surface area contributed by atoms with E-state index in [9.17, 15) is 4.79 Å². The molecule has 3 heterocycles. The number of rotatable bonds is 6. The number of nitrogens with zero attached hydrogens (tertiary/aromatic N) is 4. The number of hydrogen-bond acceptors (Lipinski definition) is 4. The third kappa shape index (κ3) is 4.71. The fourth-order valence-electron chi connectivity index (χ4n) is 5.54. The molecule has 1 atom stereocenters. The molecule has 0 fully saturated rings. The van der Waals surface area contributed by atoms with Crippen LogP contribution in [0, 0.1) is 6.92 Å². The smallest absolute Gasteiger partial charge is 0.322 e. The second-order valence-electron chi connectivity index (χ2n) is 10.1. The van der Waals surface area contributed by atoms with Gasteiger partial charge in [0.25, 0.3) is 0 Å². The third-order valence-corrected chi connectivity index (χ3v) is 7.69. The predicted molar refractivity (Wildman–Crippen MR) is 159 cm³/mol. The van der Waals surface area contributed by atoms with Gasteiger partial charge in [0.2, 0.25) is 0 Å². The van der Waals surface area contributed by atoms with Gasteiger partial charge in [-0.25, -0.2) is 9.48 Å². The van der Waals surface area contributed by atoms with Crippen LogP contribution < -0.4 is 14.8 Å². The molecule has 0 saturated heterocycles. The molecule has 2 aromatic heterocycles. The van der Waals surface area contributed by atoms with Crippen LogP contribution in [0.2, 0.25) is 0 Å². The molecule has 8 nitrogen and oxygen atoms in total. The van der Waals surface area contributed by atoms with Crippen LogP contribution in [0.4, 0.5) is 10.5 Å². The summed E-state index contributed by atoms with van der Waals surface area (Å²) in [6, 6.07) is 27.6. The van der Waals surface area contributed by atoms with Crippen molar-refractivity contribution < 1.29 is 14.3 Å². The summed E-state index contributed by atoms with van der Waals surface area (Å²) in [5.74, 6) is 2.08. The molecule has 1 unspecified atom stereocenters. The van der Waals surface area contributed by atoms with Crippen LogP contribution >= 0.6 is 0 Å². The van der Waals surface area contributed by atoms with E-state index in [4.69, 9.17) is 14.6 Å². The Kier molecular flexibility index (Phi) is 6.97. The van der Waals surface area contributed by atoms with Crippen molar-refractivity contribution in [1.82, 2.24) is 19.2 Å². The molecular formula is C33H33N5O3. The summed E-state index contributed by atoms with van der Waals surface area (Å²) >= 11 is 0. The van der Waals surface area contributed by atoms with Gasteiger partial charge in [-0.05, 0) is 60.9 Å². The first kappa shape index (κ1) is 26.3. The Morgan fingerprint density at radius 2 is 1.71 bits per heavy atom. The number of anilines is 1. The van der Waals surface area contributed by atoms with Crippen LogP contribution in [0.25, 0.3) is 11.5 Å². The van der Waals surface area contributed by atoms with Crippen molar-refractivity contribution in [3.05, 3.63) is 119 Å². The minimum absolute atomic E-state index is 0.228. The average molecular weight is 548 g/mol. The normalized spacial score (nSPS) is 14.1. The Morgan fingerprint density at radius 3 is 2.41 bits per heavy atom. The second kappa shape index (κ2) is 10.9. The zero-order valence-corrected chi connectivity index (χ0v) is 23.7. The van der Waals surface area contributed by atoms with E-state index in [-0.39, 0.29) is 12.1 Å². The van der Waals surface area contributed by atoms with Gasteiger partial charge in [0, 0.05) is 23.5 Å². The minimum atomic E-state index is -0.341. The van der Waals surface area contributed by atoms with Gasteiger partial charge in [0.05, 0.1) is 43.9 Å². The van der Waals surface area contributed by atoms with Crippen molar-refractivity contribution in [2.75, 3.05) is 19.5 Å². The largest absolute Gasteiger partial charge is 0.493 e. The van der Waals surface area contributed by atoms with E-state index in [0.29, 0.717) is 23.7 Å². The molecule has 5 aromatic rings. The lowest BCUT2D eigenvalue weighted by Gasteiger charge is -2.31. The van der Waals surface area contributed by atoms with E-state index in [1.807, 2.05) is 59.0 Å². The van der Waals surface area contributed by atoms with Crippen LogP contribution in [0.15, 0.2) is 91.1 Å². The SMILES string of the molecule is CCc1ccc(C2c3cccn3-c3c(c(C)nn3-c3ccccc3)CN2C(=O)Nc2ccc(OC)c(OC)c2)cc1. The Balaban J connectivity index is 1.49. The van der Waals surface area contributed by atoms with E-state index in [1.54, 1.807) is 26.4 Å². The van der Waals surface area contributed by atoms with Crippen molar-refractivity contribution >= 4 is 11.7 Å². The van der Waals surface area contributed by atoms with Crippen molar-refractivity contribution in [2.24, 2.45) is 0 Å². The monoisotopic (exact) mass is 547 g/mol. The van der Waals surface area contributed by atoms with Crippen molar-refractivity contribution in [2.45, 2.75) is 32.9 Å². The summed E-state index contributed by atoms with van der Waals surface area (Å²) in [5.41, 5.74) is 6.70. The molecule has 0 aliphatic carbocycles. The molecule has 1 aliphatic rings. The molecule has 1 aliphatic heterocycles. The van der Waals surface area contributed by atoms with Crippen LogP contribution in [-0.4, -0.2) is 39.5 Å². The number of methoxy groups -OCH3 is 2. The number of urea groups is 1. The van der Waals surface area contributed by atoms with Crippen LogP contribution in [0.5, 0.6) is 11.5 Å². The number of aromatic nitrogens is 3. The van der Waals surface area contributed by atoms with Crippen LogP contribution in [0.3, 0.4) is 0 Å². The minimum Gasteiger partial charge on any atom is -0.493 e. The lowest BCUT2D eigenvalue weighted by molar-refractivity contribution is 0.194. The van der Waals surface area contributed by atoms with Crippen molar-refractivity contribution in [3.63, 3.8) is 0 Å². The maximum Gasteiger partial charge on any atom is 0.322 e. The van der Waals surface area contributed by atoms with E-state index < -0.39 is 0 Å². The first-order valence-corrected chi connectivity index (χ1v) is 13.7. The quantitative estimate of drug-likeness (QED) is 0.257. The van der Waals surface area contributed by atoms with Gasteiger partial charge in [-0.1, -0.05) is 49.4 Å². The molecule has 1 N–H and O–H groups in total. The molecule has 0 saturated carbocycles. The predicted octanol–water partition coefficient (Wildman–Crippen LogP) is 6.69. The summed E-state index contributed by atoms with van der Waals surface area (Å²) in [6.07, 6.45) is 3.00. The van der Waals surface area contributed by atoms with E-state index in [0.717, 1.165) is 40.4 Å². The number of ether oxygens (including phenoxy) is 2. The first-order chi connectivity index (χ1) is 20.0. The highest BCUT2D eigenvalue weighted by molar-refractivity contribution is 5.90. The number of hydrogen-bond donors (Lipinski definition) is 1. The molecule has 8 heteroatoms. The maximum atomic E-state index is 14.2. The summed E-state index contributed by atoms with van der Waals surface area (Å²) in [4.78, 5) is 16.1. The number of nitrogens with one attached hydrogen (secondary N) is 1. The number of carbonyl (C=O) groups excluding carboxylic acids is 1. The number of amides is 2. The summed E-state index contributed by atoms with van der Waals surface area (Å²) in [6.45, 7) is 4.51. The third-order valence-electron chi connectivity index (χ3n) is 7.69. The molecule has 3 aromatic carbocycles. The van der Waals surface area contributed by atoms with Crippen LogP contribution in [-0.2, 0) is 13.0 Å². The number of benzene rings is 3. The topological polar surface area (TPSA) is 73.6 Å². The summed E-state index contributed by atoms with van der Waals surface area (Å²) in [5, 5.41) is 8.04. The molecule has 6 rings (SSSR count). The molecular weight excluding hydrogens is 514 g/mol. The Bertz CT molecular complexity index is 1690. The fraction of sp³-hybridized carbons (Fsp3) is 0.212. The number of aryl methyl sites for hydroxylation is 2. The zero-order valence-electron chi connectivity index (χ0n) is 23.7. The first-order valence-electron chi connectivity index (χ1n) is 13.7. The molecule has 2 amide bonds. The highest BCUT2D eigenvalue weighted by atomic mass is 16.5. The molecule has 0 spiro atoms. The van der Waals surface area contributed by atoms with Crippen molar-refractivity contribution in [3.8, 4) is 23.0 Å². The van der Waals surface area contributed by atoms with Gasteiger partial charge in [-0.3, -0.25) is 0 Å². The molecule has 0 radical (unpaired) electrons. The van der Waals surface area contributed by atoms with Gasteiger partial charge >= 0.3 is 6.03 Å². The van der Waals surface area contributed by atoms with Gasteiger partial charge in [0.1, 0.15) is 5.82 Å². The number of fused-ring (bicyclic) bond motifs is 3. The van der Waals surface area contributed by atoms with Gasteiger partial charge in [-0.15, -0.1) is 0 Å². The number of carbonyl (C=O) groups is 1. The summed E-state index contributed by atoms with van der Waals surface area (Å²) < 4.78 is 15.0.